The molecule has 2 N–H and O–H groups in total. The summed E-state index contributed by atoms with van der Waals surface area (Å²) < 4.78 is 39.5. The minimum absolute atomic E-state index is 0.0397. The second-order valence-electron chi connectivity index (χ2n) is 4.27. The number of thiazole rings is 1. The molecule has 0 saturated heterocycles. The highest BCUT2D eigenvalue weighted by atomic mass is 32.1. The fraction of sp³-hybridized carbons (Fsp3) is 0.231. The normalized spacial score (nSPS) is 10.7. The van der Waals surface area contributed by atoms with Crippen molar-refractivity contribution in [3.8, 4) is 0 Å². The van der Waals surface area contributed by atoms with Gasteiger partial charge in [-0.05, 0) is 25.5 Å². The summed E-state index contributed by atoms with van der Waals surface area (Å²) in [6, 6.07) is 1.88. The second-order valence-corrected chi connectivity index (χ2v) is 5.35. The Kier molecular flexibility index (Phi) is 4.46. The van der Waals surface area contributed by atoms with Gasteiger partial charge in [-0.3, -0.25) is 4.79 Å². The lowest BCUT2D eigenvalue weighted by Crippen LogP contribution is -1.98. The van der Waals surface area contributed by atoms with Gasteiger partial charge in [0.25, 0.3) is 0 Å². The molecule has 0 fully saturated rings. The maximum absolute atomic E-state index is 13.5. The highest BCUT2D eigenvalue weighted by molar-refractivity contribution is 7.15. The molecule has 0 aliphatic heterocycles. The third-order valence-electron chi connectivity index (χ3n) is 2.74. The molecule has 4 nitrogen and oxygen atoms in total. The first-order valence-corrected chi connectivity index (χ1v) is 6.78. The lowest BCUT2D eigenvalue weighted by atomic mass is 10.2. The fourth-order valence-corrected chi connectivity index (χ4v) is 2.65. The number of benzene rings is 1. The molecule has 0 unspecified atom stereocenters. The minimum Gasteiger partial charge on any atom is -0.481 e. The van der Waals surface area contributed by atoms with Gasteiger partial charge in [0.1, 0.15) is 0 Å². The molecule has 0 aliphatic carbocycles. The van der Waals surface area contributed by atoms with Crippen LogP contribution in [0.5, 0.6) is 0 Å². The third kappa shape index (κ3) is 3.52. The van der Waals surface area contributed by atoms with E-state index in [9.17, 15) is 18.0 Å². The minimum atomic E-state index is -1.56. The van der Waals surface area contributed by atoms with Crippen molar-refractivity contribution < 1.29 is 23.1 Å². The largest absolute Gasteiger partial charge is 0.481 e. The number of nitrogens with one attached hydrogen (secondary N) is 1. The summed E-state index contributed by atoms with van der Waals surface area (Å²) in [5, 5.41) is 11.5. The van der Waals surface area contributed by atoms with Gasteiger partial charge in [0.2, 0.25) is 0 Å². The molecule has 0 aliphatic rings. The zero-order chi connectivity index (χ0) is 15.6. The van der Waals surface area contributed by atoms with Crippen LogP contribution in [0.2, 0.25) is 0 Å². The molecule has 1 aromatic carbocycles. The average Bonchev–Trinajstić information content (AvgIpc) is 2.77. The van der Waals surface area contributed by atoms with Gasteiger partial charge in [-0.1, -0.05) is 0 Å². The van der Waals surface area contributed by atoms with Gasteiger partial charge in [-0.2, -0.15) is 0 Å². The number of anilines is 2. The van der Waals surface area contributed by atoms with E-state index < -0.39 is 23.4 Å². The van der Waals surface area contributed by atoms with Crippen molar-refractivity contribution in [2.24, 2.45) is 0 Å². The van der Waals surface area contributed by atoms with Crippen LogP contribution in [0, 0.1) is 24.4 Å². The van der Waals surface area contributed by atoms with Crippen LogP contribution >= 0.6 is 11.3 Å². The summed E-state index contributed by atoms with van der Waals surface area (Å²) in [6.07, 6.45) is 0.267. The molecule has 1 aromatic heterocycles. The van der Waals surface area contributed by atoms with Crippen LogP contribution in [0.3, 0.4) is 0 Å². The van der Waals surface area contributed by atoms with Crippen molar-refractivity contribution in [1.82, 2.24) is 4.98 Å². The number of hydrogen-bond acceptors (Lipinski definition) is 4. The number of nitrogens with zero attached hydrogens (tertiary/aromatic N) is 1. The van der Waals surface area contributed by atoms with Gasteiger partial charge >= 0.3 is 5.97 Å². The summed E-state index contributed by atoms with van der Waals surface area (Å²) in [5.41, 5.74) is 0.388. The number of halogens is 3. The van der Waals surface area contributed by atoms with Crippen molar-refractivity contribution in [2.75, 3.05) is 5.32 Å². The van der Waals surface area contributed by atoms with Gasteiger partial charge in [0.05, 0.1) is 17.8 Å². The van der Waals surface area contributed by atoms with E-state index in [1.807, 2.05) is 0 Å². The zero-order valence-corrected chi connectivity index (χ0v) is 11.7. The molecule has 1 heterocycles. The third-order valence-corrected chi connectivity index (χ3v) is 3.87. The van der Waals surface area contributed by atoms with E-state index in [1.165, 1.54) is 0 Å². The predicted octanol–water partition coefficient (Wildman–Crippen LogP) is 3.63. The molecule has 2 aromatic rings. The van der Waals surface area contributed by atoms with Crippen LogP contribution < -0.4 is 5.32 Å². The van der Waals surface area contributed by atoms with E-state index in [0.29, 0.717) is 12.1 Å². The molecule has 0 atom stereocenters. The Balaban J connectivity index is 2.19. The van der Waals surface area contributed by atoms with E-state index >= 15 is 0 Å². The quantitative estimate of drug-likeness (QED) is 0.827. The van der Waals surface area contributed by atoms with Gasteiger partial charge in [0.15, 0.2) is 22.6 Å². The van der Waals surface area contributed by atoms with E-state index in [4.69, 9.17) is 5.11 Å². The monoisotopic (exact) mass is 316 g/mol. The van der Waals surface area contributed by atoms with Crippen LogP contribution in [0.4, 0.5) is 24.0 Å². The van der Waals surface area contributed by atoms with Crippen molar-refractivity contribution in [2.45, 2.75) is 19.8 Å². The average molecular weight is 316 g/mol. The summed E-state index contributed by atoms with van der Waals surface area (Å²) >= 11 is 1.15. The second kappa shape index (κ2) is 6.13. The van der Waals surface area contributed by atoms with E-state index in [1.54, 1.807) is 6.92 Å². The van der Waals surface area contributed by atoms with Crippen LogP contribution in [-0.2, 0) is 11.2 Å². The van der Waals surface area contributed by atoms with E-state index in [0.717, 1.165) is 28.3 Å². The molecular weight excluding hydrogens is 305 g/mol. The highest BCUT2D eigenvalue weighted by Crippen LogP contribution is 2.29. The number of carboxylic acids is 1. The zero-order valence-electron chi connectivity index (χ0n) is 10.9. The molecule has 0 amide bonds. The molecule has 8 heteroatoms. The highest BCUT2D eigenvalue weighted by Gasteiger charge is 2.15. The molecule has 0 saturated carbocycles. The van der Waals surface area contributed by atoms with Gasteiger partial charge in [-0.15, -0.1) is 11.3 Å². The Morgan fingerprint density at radius 1 is 1.33 bits per heavy atom. The SMILES string of the molecule is Cc1nc(Nc2ccc(F)c(F)c2F)sc1CCC(=O)O. The van der Waals surface area contributed by atoms with Gasteiger partial charge < -0.3 is 10.4 Å². The number of aliphatic carboxylic acids is 1. The lowest BCUT2D eigenvalue weighted by molar-refractivity contribution is -0.136. The van der Waals surface area contributed by atoms with Crippen LogP contribution in [0.25, 0.3) is 0 Å². The number of rotatable bonds is 5. The number of carboxylic acid groups (broad SMARTS) is 1. The molecule has 21 heavy (non-hydrogen) atoms. The summed E-state index contributed by atoms with van der Waals surface area (Å²) in [7, 11) is 0. The summed E-state index contributed by atoms with van der Waals surface area (Å²) in [6.45, 7) is 1.69. The molecule has 112 valence electrons. The Morgan fingerprint density at radius 3 is 2.71 bits per heavy atom. The van der Waals surface area contributed by atoms with Gasteiger partial charge in [0, 0.05) is 4.88 Å². The standard InChI is InChI=1S/C13H11F3N2O2S/c1-6-9(4-5-10(19)20)21-13(17-6)18-8-3-2-7(14)11(15)12(8)16/h2-3H,4-5H2,1H3,(H,17,18)(H,19,20). The van der Waals surface area contributed by atoms with Crippen molar-refractivity contribution in [3.63, 3.8) is 0 Å². The number of aromatic nitrogens is 1. The maximum Gasteiger partial charge on any atom is 0.303 e. The van der Waals surface area contributed by atoms with Crippen molar-refractivity contribution >= 4 is 28.1 Å². The summed E-state index contributed by atoms with van der Waals surface area (Å²) in [4.78, 5) is 15.4. The molecule has 2 rings (SSSR count). The smallest absolute Gasteiger partial charge is 0.303 e. The Bertz CT molecular complexity index is 688. The van der Waals surface area contributed by atoms with Gasteiger partial charge in [-0.25, -0.2) is 18.2 Å². The molecular formula is C13H11F3N2O2S. The van der Waals surface area contributed by atoms with Crippen LogP contribution in [0.1, 0.15) is 17.0 Å². The lowest BCUT2D eigenvalue weighted by Gasteiger charge is -2.05. The molecule has 0 spiro atoms. The van der Waals surface area contributed by atoms with E-state index in [2.05, 4.69) is 10.3 Å². The fourth-order valence-electron chi connectivity index (χ4n) is 1.67. The maximum atomic E-state index is 13.5. The summed E-state index contributed by atoms with van der Waals surface area (Å²) in [5.74, 6) is -5.08. The Hall–Kier alpha value is -2.09. The van der Waals surface area contributed by atoms with Crippen molar-refractivity contribution in [3.05, 3.63) is 40.2 Å². The predicted molar refractivity (Wildman–Crippen MR) is 72.4 cm³/mol. The van der Waals surface area contributed by atoms with Crippen LogP contribution in [0.15, 0.2) is 12.1 Å². The van der Waals surface area contributed by atoms with Crippen molar-refractivity contribution in [1.29, 1.82) is 0 Å². The topological polar surface area (TPSA) is 62.2 Å². The van der Waals surface area contributed by atoms with E-state index in [-0.39, 0.29) is 17.2 Å². The molecule has 0 bridgehead atoms. The first-order chi connectivity index (χ1) is 9.88. The number of aryl methyl sites for hydroxylation is 2. The van der Waals surface area contributed by atoms with Crippen LogP contribution in [-0.4, -0.2) is 16.1 Å². The first-order valence-electron chi connectivity index (χ1n) is 5.97. The Morgan fingerprint density at radius 2 is 2.05 bits per heavy atom. The number of carbonyl (C=O) groups is 1. The molecule has 0 radical (unpaired) electrons. The Labute approximate surface area is 122 Å². The first kappa shape index (κ1) is 15.3. The number of hydrogen-bond donors (Lipinski definition) is 2.